The molecule has 5 heteroatoms. The molecule has 0 radical (unpaired) electrons. The molecular weight excluding hydrogens is 218 g/mol. The van der Waals surface area contributed by atoms with Gasteiger partial charge in [-0.3, -0.25) is 9.59 Å². The summed E-state index contributed by atoms with van der Waals surface area (Å²) in [6.07, 6.45) is 0.413. The number of carbonyl (C=O) groups excluding carboxylic acids is 2. The lowest BCUT2D eigenvalue weighted by Crippen LogP contribution is -2.32. The number of rotatable bonds is 4. The summed E-state index contributed by atoms with van der Waals surface area (Å²) in [4.78, 5) is 22.6. The molecule has 2 amide bonds. The van der Waals surface area contributed by atoms with Crippen molar-refractivity contribution in [2.45, 2.75) is 26.3 Å². The Labute approximate surface area is 100 Å². The highest BCUT2D eigenvalue weighted by atomic mass is 16.2. The van der Waals surface area contributed by atoms with Gasteiger partial charge in [0.1, 0.15) is 0 Å². The molecule has 0 fully saturated rings. The number of nitrogens with one attached hydrogen (secondary N) is 2. The van der Waals surface area contributed by atoms with E-state index in [2.05, 4.69) is 10.6 Å². The van der Waals surface area contributed by atoms with E-state index in [0.717, 1.165) is 0 Å². The van der Waals surface area contributed by atoms with Crippen LogP contribution in [0.15, 0.2) is 24.3 Å². The summed E-state index contributed by atoms with van der Waals surface area (Å²) in [6, 6.07) is 6.37. The molecule has 0 heterocycles. The van der Waals surface area contributed by atoms with E-state index in [1.165, 1.54) is 0 Å². The van der Waals surface area contributed by atoms with Gasteiger partial charge < -0.3 is 16.4 Å². The summed E-state index contributed by atoms with van der Waals surface area (Å²) < 4.78 is 0. The van der Waals surface area contributed by atoms with Crippen LogP contribution in [0.3, 0.4) is 0 Å². The van der Waals surface area contributed by atoms with Crippen LogP contribution >= 0.6 is 0 Å². The molecular formula is C12H17N3O2. The predicted molar refractivity (Wildman–Crippen MR) is 67.6 cm³/mol. The molecule has 0 unspecified atom stereocenters. The lowest BCUT2D eigenvalue weighted by atomic mass is 10.2. The van der Waals surface area contributed by atoms with Crippen LogP contribution in [0.2, 0.25) is 0 Å². The Bertz CT molecular complexity index is 416. The third-order valence-electron chi connectivity index (χ3n) is 2.15. The molecule has 1 rings (SSSR count). The Kier molecular flexibility index (Phi) is 4.66. The van der Waals surface area contributed by atoms with E-state index in [9.17, 15) is 9.59 Å². The molecule has 1 aromatic carbocycles. The van der Waals surface area contributed by atoms with E-state index >= 15 is 0 Å². The van der Waals surface area contributed by atoms with Crippen molar-refractivity contribution in [3.8, 4) is 0 Å². The quantitative estimate of drug-likeness (QED) is 0.735. The third-order valence-corrected chi connectivity index (χ3v) is 2.15. The Hall–Kier alpha value is -1.88. The van der Waals surface area contributed by atoms with Crippen molar-refractivity contribution in [3.05, 3.63) is 24.3 Å². The molecule has 0 aromatic heterocycles. The SMILES string of the molecule is CCC(=O)Nc1cccc(NC(=O)[C@H](C)N)c1. The smallest absolute Gasteiger partial charge is 0.240 e. The van der Waals surface area contributed by atoms with Crippen molar-refractivity contribution < 1.29 is 9.59 Å². The van der Waals surface area contributed by atoms with Gasteiger partial charge in [0, 0.05) is 17.8 Å². The minimum Gasteiger partial charge on any atom is -0.326 e. The predicted octanol–water partition coefficient (Wildman–Crippen LogP) is 1.32. The van der Waals surface area contributed by atoms with E-state index in [0.29, 0.717) is 17.8 Å². The van der Waals surface area contributed by atoms with Crippen molar-refractivity contribution in [1.29, 1.82) is 0 Å². The fourth-order valence-electron chi connectivity index (χ4n) is 1.18. The second-order valence-electron chi connectivity index (χ2n) is 3.76. The molecule has 5 nitrogen and oxygen atoms in total. The van der Waals surface area contributed by atoms with E-state index in [1.807, 2.05) is 0 Å². The van der Waals surface area contributed by atoms with Gasteiger partial charge in [0.15, 0.2) is 0 Å². The molecule has 0 aliphatic rings. The molecule has 17 heavy (non-hydrogen) atoms. The molecule has 0 aliphatic heterocycles. The van der Waals surface area contributed by atoms with Crippen LogP contribution in [0.4, 0.5) is 11.4 Å². The topological polar surface area (TPSA) is 84.2 Å². The van der Waals surface area contributed by atoms with Gasteiger partial charge in [-0.1, -0.05) is 13.0 Å². The van der Waals surface area contributed by atoms with Crippen LogP contribution in [-0.4, -0.2) is 17.9 Å². The first kappa shape index (κ1) is 13.2. The summed E-state index contributed by atoms with van der Waals surface area (Å²) in [7, 11) is 0. The summed E-state index contributed by atoms with van der Waals surface area (Å²) in [6.45, 7) is 3.38. The van der Waals surface area contributed by atoms with Gasteiger partial charge >= 0.3 is 0 Å². The lowest BCUT2D eigenvalue weighted by molar-refractivity contribution is -0.117. The van der Waals surface area contributed by atoms with Crippen molar-refractivity contribution in [1.82, 2.24) is 0 Å². The lowest BCUT2D eigenvalue weighted by Gasteiger charge is -2.09. The molecule has 4 N–H and O–H groups in total. The Morgan fingerprint density at radius 1 is 1.29 bits per heavy atom. The van der Waals surface area contributed by atoms with Crippen LogP contribution < -0.4 is 16.4 Å². The Morgan fingerprint density at radius 3 is 2.41 bits per heavy atom. The van der Waals surface area contributed by atoms with Gasteiger partial charge in [0.25, 0.3) is 0 Å². The van der Waals surface area contributed by atoms with Crippen molar-refractivity contribution in [3.63, 3.8) is 0 Å². The number of hydrogen-bond acceptors (Lipinski definition) is 3. The molecule has 0 saturated carbocycles. The number of carbonyl (C=O) groups is 2. The number of benzene rings is 1. The molecule has 92 valence electrons. The average molecular weight is 235 g/mol. The number of hydrogen-bond donors (Lipinski definition) is 3. The molecule has 0 bridgehead atoms. The van der Waals surface area contributed by atoms with E-state index in [1.54, 1.807) is 38.1 Å². The average Bonchev–Trinajstić information content (AvgIpc) is 2.29. The second kappa shape index (κ2) is 6.00. The van der Waals surface area contributed by atoms with Gasteiger partial charge in [-0.05, 0) is 25.1 Å². The molecule has 0 aliphatic carbocycles. The zero-order chi connectivity index (χ0) is 12.8. The maximum atomic E-state index is 11.4. The van der Waals surface area contributed by atoms with Crippen LogP contribution in [0.25, 0.3) is 0 Å². The van der Waals surface area contributed by atoms with Crippen molar-refractivity contribution in [2.75, 3.05) is 10.6 Å². The summed E-state index contributed by atoms with van der Waals surface area (Å²) in [5, 5.41) is 5.37. The molecule has 1 atom stereocenters. The van der Waals surface area contributed by atoms with Crippen molar-refractivity contribution >= 4 is 23.2 Å². The summed E-state index contributed by atoms with van der Waals surface area (Å²) in [5.41, 5.74) is 6.71. The normalized spacial score (nSPS) is 11.7. The maximum absolute atomic E-state index is 11.4. The van der Waals surface area contributed by atoms with E-state index in [4.69, 9.17) is 5.73 Å². The number of anilines is 2. The summed E-state index contributed by atoms with van der Waals surface area (Å²) in [5.74, 6) is -0.329. The fraction of sp³-hybridized carbons (Fsp3) is 0.333. The van der Waals surface area contributed by atoms with Gasteiger partial charge in [-0.2, -0.15) is 0 Å². The van der Waals surface area contributed by atoms with Crippen molar-refractivity contribution in [2.24, 2.45) is 5.73 Å². The molecule has 0 spiro atoms. The monoisotopic (exact) mass is 235 g/mol. The second-order valence-corrected chi connectivity index (χ2v) is 3.76. The zero-order valence-corrected chi connectivity index (χ0v) is 9.99. The fourth-order valence-corrected chi connectivity index (χ4v) is 1.18. The zero-order valence-electron chi connectivity index (χ0n) is 9.99. The first-order valence-corrected chi connectivity index (χ1v) is 5.49. The number of nitrogens with two attached hydrogens (primary N) is 1. The third kappa shape index (κ3) is 4.24. The standard InChI is InChI=1S/C12H17N3O2/c1-3-11(16)14-9-5-4-6-10(7-9)15-12(17)8(2)13/h4-8H,3,13H2,1-2H3,(H,14,16)(H,15,17)/t8-/m0/s1. The summed E-state index contributed by atoms with van der Waals surface area (Å²) >= 11 is 0. The minimum absolute atomic E-state index is 0.0688. The maximum Gasteiger partial charge on any atom is 0.240 e. The van der Waals surface area contributed by atoms with E-state index < -0.39 is 6.04 Å². The highest BCUT2D eigenvalue weighted by molar-refractivity contribution is 5.96. The largest absolute Gasteiger partial charge is 0.326 e. The molecule has 0 saturated heterocycles. The van der Waals surface area contributed by atoms with E-state index in [-0.39, 0.29) is 11.8 Å². The Morgan fingerprint density at radius 2 is 1.88 bits per heavy atom. The Balaban J connectivity index is 2.72. The van der Waals surface area contributed by atoms with Crippen LogP contribution in [0.1, 0.15) is 20.3 Å². The van der Waals surface area contributed by atoms with Crippen LogP contribution in [-0.2, 0) is 9.59 Å². The minimum atomic E-state index is -0.566. The molecule has 1 aromatic rings. The number of amides is 2. The van der Waals surface area contributed by atoms with Gasteiger partial charge in [0.2, 0.25) is 11.8 Å². The van der Waals surface area contributed by atoms with Gasteiger partial charge in [-0.25, -0.2) is 0 Å². The van der Waals surface area contributed by atoms with Gasteiger partial charge in [0.05, 0.1) is 6.04 Å². The first-order chi connectivity index (χ1) is 8.02. The van der Waals surface area contributed by atoms with Crippen LogP contribution in [0, 0.1) is 0 Å². The highest BCUT2D eigenvalue weighted by Crippen LogP contribution is 2.15. The first-order valence-electron chi connectivity index (χ1n) is 5.49. The van der Waals surface area contributed by atoms with Crippen LogP contribution in [0.5, 0.6) is 0 Å². The van der Waals surface area contributed by atoms with Gasteiger partial charge in [-0.15, -0.1) is 0 Å². The highest BCUT2D eigenvalue weighted by Gasteiger charge is 2.07.